The number of hydrogen-bond acceptors (Lipinski definition) is 4. The van der Waals surface area contributed by atoms with Gasteiger partial charge in [0.15, 0.2) is 0 Å². The number of fused-ring (bicyclic) bond motifs is 1. The zero-order valence-electron chi connectivity index (χ0n) is 15.6. The monoisotopic (exact) mass is 359 g/mol. The Morgan fingerprint density at radius 1 is 1.07 bits per heavy atom. The predicted molar refractivity (Wildman–Crippen MR) is 111 cm³/mol. The normalized spacial score (nSPS) is 17.9. The van der Waals surface area contributed by atoms with Crippen molar-refractivity contribution < 1.29 is 4.74 Å². The third-order valence-electron chi connectivity index (χ3n) is 5.32. The van der Waals surface area contributed by atoms with Crippen molar-refractivity contribution in [2.45, 2.75) is 12.8 Å². The molecular weight excluding hydrogens is 334 g/mol. The molecule has 1 N–H and O–H groups in total. The van der Waals surface area contributed by atoms with Gasteiger partial charge in [0.25, 0.3) is 0 Å². The van der Waals surface area contributed by atoms with Crippen molar-refractivity contribution in [2.75, 3.05) is 44.7 Å². The Balaban J connectivity index is 1.46. The molecule has 0 saturated carbocycles. The van der Waals surface area contributed by atoms with Gasteiger partial charge < -0.3 is 10.1 Å². The highest BCUT2D eigenvalue weighted by atomic mass is 16.5. The van der Waals surface area contributed by atoms with Crippen LogP contribution in [0.3, 0.4) is 0 Å². The summed E-state index contributed by atoms with van der Waals surface area (Å²) in [7, 11) is 0. The largest absolute Gasteiger partial charge is 0.384 e. The highest BCUT2D eigenvalue weighted by Gasteiger charge is 2.11. The molecule has 0 bridgehead atoms. The average Bonchev–Trinajstić information content (AvgIpc) is 2.74. The molecule has 1 fully saturated rings. The molecule has 1 heterocycles. The van der Waals surface area contributed by atoms with Crippen LogP contribution in [0.4, 0.5) is 5.69 Å². The summed E-state index contributed by atoms with van der Waals surface area (Å²) < 4.78 is 5.39. The summed E-state index contributed by atoms with van der Waals surface area (Å²) in [5, 5.41) is 15.3. The molecule has 1 aliphatic carbocycles. The van der Waals surface area contributed by atoms with E-state index in [4.69, 9.17) is 4.74 Å². The van der Waals surface area contributed by atoms with Crippen LogP contribution in [0, 0.1) is 11.3 Å². The average molecular weight is 359 g/mol. The van der Waals surface area contributed by atoms with Crippen molar-refractivity contribution in [1.29, 1.82) is 5.26 Å². The lowest BCUT2D eigenvalue weighted by Crippen LogP contribution is -2.38. The van der Waals surface area contributed by atoms with Crippen molar-refractivity contribution in [2.24, 2.45) is 0 Å². The summed E-state index contributed by atoms with van der Waals surface area (Å²) >= 11 is 0. The highest BCUT2D eigenvalue weighted by Crippen LogP contribution is 2.30. The van der Waals surface area contributed by atoms with Crippen molar-refractivity contribution in [3.05, 3.63) is 59.7 Å². The molecule has 0 amide bonds. The molecule has 4 heteroatoms. The second-order valence-corrected chi connectivity index (χ2v) is 7.10. The Labute approximate surface area is 160 Å². The molecular formula is C23H25N3O. The molecule has 1 aliphatic heterocycles. The number of rotatable bonds is 5. The van der Waals surface area contributed by atoms with Gasteiger partial charge >= 0.3 is 0 Å². The molecule has 0 radical (unpaired) electrons. The lowest BCUT2D eigenvalue weighted by atomic mass is 9.92. The minimum Gasteiger partial charge on any atom is -0.384 e. The van der Waals surface area contributed by atoms with Crippen LogP contribution in [-0.4, -0.2) is 44.3 Å². The Bertz CT molecular complexity index is 917. The van der Waals surface area contributed by atoms with Gasteiger partial charge in [0.1, 0.15) is 0 Å². The summed E-state index contributed by atoms with van der Waals surface area (Å²) in [6, 6.07) is 15.3. The van der Waals surface area contributed by atoms with Gasteiger partial charge in [-0.3, -0.25) is 4.90 Å². The van der Waals surface area contributed by atoms with Crippen molar-refractivity contribution in [3.63, 3.8) is 0 Å². The number of anilines is 1. The summed E-state index contributed by atoms with van der Waals surface area (Å²) in [4.78, 5) is 2.43. The molecule has 0 unspecified atom stereocenters. The lowest BCUT2D eigenvalue weighted by molar-refractivity contribution is 0.0398. The molecule has 0 atom stereocenters. The van der Waals surface area contributed by atoms with Crippen LogP contribution >= 0.6 is 0 Å². The molecule has 0 aromatic heterocycles. The minimum absolute atomic E-state index is 0.840. The number of nitrogens with zero attached hydrogens (tertiary/aromatic N) is 2. The third-order valence-corrected chi connectivity index (χ3v) is 5.32. The van der Waals surface area contributed by atoms with E-state index in [2.05, 4.69) is 64.8 Å². The fourth-order valence-corrected chi connectivity index (χ4v) is 3.76. The van der Waals surface area contributed by atoms with Crippen LogP contribution in [0.15, 0.2) is 54.1 Å². The molecule has 2 aromatic rings. The Morgan fingerprint density at radius 3 is 2.74 bits per heavy atom. The first-order valence-corrected chi connectivity index (χ1v) is 9.71. The van der Waals surface area contributed by atoms with Crippen molar-refractivity contribution in [1.82, 2.24) is 4.90 Å². The SMILES string of the molecule is N#CC1=C(c2ccc3cc(NCCN4CCOCC4)ccc3c2)C=CCC1. The van der Waals surface area contributed by atoms with Gasteiger partial charge in [-0.05, 0) is 52.9 Å². The Morgan fingerprint density at radius 2 is 1.89 bits per heavy atom. The van der Waals surface area contributed by atoms with Gasteiger partial charge in [-0.25, -0.2) is 0 Å². The number of benzene rings is 2. The van der Waals surface area contributed by atoms with Crippen molar-refractivity contribution >= 4 is 22.0 Å². The molecule has 4 rings (SSSR count). The number of nitriles is 1. The van der Waals surface area contributed by atoms with E-state index in [9.17, 15) is 5.26 Å². The van der Waals surface area contributed by atoms with E-state index in [1.165, 1.54) is 10.8 Å². The number of hydrogen-bond donors (Lipinski definition) is 1. The Kier molecular flexibility index (Phi) is 5.53. The molecule has 1 saturated heterocycles. The molecule has 27 heavy (non-hydrogen) atoms. The molecule has 4 nitrogen and oxygen atoms in total. The quantitative estimate of drug-likeness (QED) is 0.869. The summed E-state index contributed by atoms with van der Waals surface area (Å²) in [5.74, 6) is 0. The van der Waals surface area contributed by atoms with E-state index in [-0.39, 0.29) is 0 Å². The number of morpholine rings is 1. The minimum atomic E-state index is 0.840. The van der Waals surface area contributed by atoms with E-state index < -0.39 is 0 Å². The number of ether oxygens (including phenoxy) is 1. The number of nitrogens with one attached hydrogen (secondary N) is 1. The summed E-state index contributed by atoms with van der Waals surface area (Å²) in [6.45, 7) is 5.72. The maximum absolute atomic E-state index is 9.39. The molecule has 2 aromatic carbocycles. The summed E-state index contributed by atoms with van der Waals surface area (Å²) in [6.07, 6.45) is 6.04. The van der Waals surface area contributed by atoms with Crippen molar-refractivity contribution in [3.8, 4) is 6.07 Å². The van der Waals surface area contributed by atoms with Gasteiger partial charge in [-0.1, -0.05) is 30.4 Å². The van der Waals surface area contributed by atoms with Crippen LogP contribution in [0.1, 0.15) is 18.4 Å². The molecule has 0 spiro atoms. The fourth-order valence-electron chi connectivity index (χ4n) is 3.76. The van der Waals surface area contributed by atoms with Crippen LogP contribution in [-0.2, 0) is 4.74 Å². The fraction of sp³-hybridized carbons (Fsp3) is 0.348. The van der Waals surface area contributed by atoms with Gasteiger partial charge in [-0.2, -0.15) is 5.26 Å². The lowest BCUT2D eigenvalue weighted by Gasteiger charge is -2.26. The van der Waals surface area contributed by atoms with E-state index in [0.29, 0.717) is 0 Å². The standard InChI is InChI=1S/C23H25N3O/c24-17-21-3-1-2-4-23(21)20-6-5-19-16-22(8-7-18(19)15-20)25-9-10-26-11-13-27-14-12-26/h2,4-8,15-16,25H,1,3,9-14H2. The predicted octanol–water partition coefficient (Wildman–Crippen LogP) is 4.21. The first-order valence-electron chi connectivity index (χ1n) is 9.71. The van der Waals surface area contributed by atoms with E-state index in [0.717, 1.165) is 74.6 Å². The molecule has 138 valence electrons. The van der Waals surface area contributed by atoms with Gasteiger partial charge in [0.05, 0.1) is 19.3 Å². The maximum atomic E-state index is 9.39. The topological polar surface area (TPSA) is 48.3 Å². The highest BCUT2D eigenvalue weighted by molar-refractivity contribution is 5.91. The van der Waals surface area contributed by atoms with Crippen LogP contribution in [0.5, 0.6) is 0 Å². The van der Waals surface area contributed by atoms with Crippen LogP contribution in [0.25, 0.3) is 16.3 Å². The maximum Gasteiger partial charge on any atom is 0.0953 e. The Hall–Kier alpha value is -2.61. The smallest absolute Gasteiger partial charge is 0.0953 e. The second-order valence-electron chi connectivity index (χ2n) is 7.10. The van der Waals surface area contributed by atoms with E-state index in [1.54, 1.807) is 0 Å². The number of allylic oxidation sites excluding steroid dienone is 4. The zero-order valence-corrected chi connectivity index (χ0v) is 15.6. The molecule has 2 aliphatic rings. The van der Waals surface area contributed by atoms with Gasteiger partial charge in [0, 0.05) is 37.4 Å². The second kappa shape index (κ2) is 8.39. The van der Waals surface area contributed by atoms with Crippen LogP contribution in [0.2, 0.25) is 0 Å². The first-order chi connectivity index (χ1) is 13.3. The summed E-state index contributed by atoms with van der Waals surface area (Å²) in [5.41, 5.74) is 4.23. The van der Waals surface area contributed by atoms with Crippen LogP contribution < -0.4 is 5.32 Å². The van der Waals surface area contributed by atoms with Gasteiger partial charge in [-0.15, -0.1) is 0 Å². The zero-order chi connectivity index (χ0) is 18.5. The van der Waals surface area contributed by atoms with E-state index >= 15 is 0 Å². The third kappa shape index (κ3) is 4.21. The van der Waals surface area contributed by atoms with E-state index in [1.807, 2.05) is 0 Å². The van der Waals surface area contributed by atoms with Gasteiger partial charge in [0.2, 0.25) is 0 Å². The first kappa shape index (κ1) is 17.8.